The van der Waals surface area contributed by atoms with Crippen LogP contribution in [0.25, 0.3) is 0 Å². The van der Waals surface area contributed by atoms with Crippen LogP contribution in [0.1, 0.15) is 5.56 Å². The number of nitrogens with zero attached hydrogens (tertiary/aromatic N) is 2. The molecule has 0 aliphatic carbocycles. The van der Waals surface area contributed by atoms with E-state index < -0.39 is 5.82 Å². The maximum absolute atomic E-state index is 13.4. The van der Waals surface area contributed by atoms with Gasteiger partial charge in [-0.05, 0) is 24.3 Å². The fourth-order valence-corrected chi connectivity index (χ4v) is 1.40. The molecule has 0 aliphatic rings. The van der Waals surface area contributed by atoms with Crippen LogP contribution in [0.5, 0.6) is 0 Å². The van der Waals surface area contributed by atoms with E-state index in [2.05, 4.69) is 10.3 Å². The van der Waals surface area contributed by atoms with Crippen LogP contribution in [0.3, 0.4) is 0 Å². The molecule has 84 valence electrons. The van der Waals surface area contributed by atoms with Crippen LogP contribution in [0.4, 0.5) is 21.6 Å². The van der Waals surface area contributed by atoms with Gasteiger partial charge < -0.3 is 11.1 Å². The van der Waals surface area contributed by atoms with Crippen LogP contribution in [-0.4, -0.2) is 4.98 Å². The third-order valence-corrected chi connectivity index (χ3v) is 2.22. The van der Waals surface area contributed by atoms with E-state index in [-0.39, 0.29) is 11.3 Å². The number of hydrogen-bond donors (Lipinski definition) is 2. The number of hydrogen-bond acceptors (Lipinski definition) is 4. The van der Waals surface area contributed by atoms with Crippen molar-refractivity contribution in [1.29, 1.82) is 5.26 Å². The highest BCUT2D eigenvalue weighted by Crippen LogP contribution is 2.27. The van der Waals surface area contributed by atoms with E-state index in [4.69, 9.17) is 11.0 Å². The summed E-state index contributed by atoms with van der Waals surface area (Å²) in [7, 11) is 0. The molecule has 0 saturated carbocycles. The summed E-state index contributed by atoms with van der Waals surface area (Å²) in [5, 5.41) is 11.7. The number of rotatable bonds is 2. The topological polar surface area (TPSA) is 74.7 Å². The third-order valence-electron chi connectivity index (χ3n) is 2.22. The molecule has 0 unspecified atom stereocenters. The maximum Gasteiger partial charge on any atom is 0.143 e. The number of aromatic nitrogens is 1. The molecule has 0 spiro atoms. The first-order chi connectivity index (χ1) is 8.22. The molecule has 1 aromatic carbocycles. The normalized spacial score (nSPS) is 9.65. The molecule has 1 aromatic heterocycles. The second-order valence-corrected chi connectivity index (χ2v) is 3.34. The molecule has 5 heteroatoms. The van der Waals surface area contributed by atoms with Crippen molar-refractivity contribution >= 4 is 17.2 Å². The Bertz CT molecular complexity index is 575. The van der Waals surface area contributed by atoms with E-state index in [0.717, 1.165) is 6.07 Å². The fraction of sp³-hybridized carbons (Fsp3) is 0. The van der Waals surface area contributed by atoms with Crippen LogP contribution >= 0.6 is 0 Å². The van der Waals surface area contributed by atoms with Gasteiger partial charge in [0.2, 0.25) is 0 Å². The average molecular weight is 228 g/mol. The molecule has 4 nitrogen and oxygen atoms in total. The maximum atomic E-state index is 13.4. The van der Waals surface area contributed by atoms with Crippen LogP contribution in [0.15, 0.2) is 36.5 Å². The highest BCUT2D eigenvalue weighted by molar-refractivity contribution is 5.77. The Balaban J connectivity index is 2.46. The van der Waals surface area contributed by atoms with Gasteiger partial charge in [-0.25, -0.2) is 9.37 Å². The molecule has 17 heavy (non-hydrogen) atoms. The lowest BCUT2D eigenvalue weighted by Crippen LogP contribution is -2.02. The van der Waals surface area contributed by atoms with Gasteiger partial charge in [-0.15, -0.1) is 0 Å². The summed E-state index contributed by atoms with van der Waals surface area (Å²) >= 11 is 0. The standard InChI is InChI=1S/C12H9FN4/c13-9-4-5-10(15)12(8(9)7-14)17-11-3-1-2-6-16-11/h1-6H,15H2,(H,16,17). The minimum absolute atomic E-state index is 0.115. The van der Waals surface area contributed by atoms with Gasteiger partial charge in [-0.1, -0.05) is 6.07 Å². The Kier molecular flexibility index (Phi) is 2.88. The van der Waals surface area contributed by atoms with E-state index in [1.165, 1.54) is 6.07 Å². The minimum Gasteiger partial charge on any atom is -0.397 e. The van der Waals surface area contributed by atoms with E-state index in [9.17, 15) is 4.39 Å². The first-order valence-corrected chi connectivity index (χ1v) is 4.88. The lowest BCUT2D eigenvalue weighted by atomic mass is 10.1. The van der Waals surface area contributed by atoms with Crippen LogP contribution in [0, 0.1) is 17.1 Å². The summed E-state index contributed by atoms with van der Waals surface area (Å²) in [6.07, 6.45) is 1.59. The Morgan fingerprint density at radius 1 is 1.29 bits per heavy atom. The fourth-order valence-electron chi connectivity index (χ4n) is 1.40. The van der Waals surface area contributed by atoms with Crippen molar-refractivity contribution < 1.29 is 4.39 Å². The van der Waals surface area contributed by atoms with Crippen molar-refractivity contribution in [3.63, 3.8) is 0 Å². The predicted octanol–water partition coefficient (Wildman–Crippen LogP) is 2.42. The average Bonchev–Trinajstić information content (AvgIpc) is 2.35. The molecule has 0 bridgehead atoms. The van der Waals surface area contributed by atoms with Crippen molar-refractivity contribution in [2.45, 2.75) is 0 Å². The number of nitrogens with two attached hydrogens (primary N) is 1. The molecular formula is C12H9FN4. The summed E-state index contributed by atoms with van der Waals surface area (Å²) in [6.45, 7) is 0. The number of halogens is 1. The molecule has 3 N–H and O–H groups in total. The van der Waals surface area contributed by atoms with Crippen molar-refractivity contribution in [2.24, 2.45) is 0 Å². The first-order valence-electron chi connectivity index (χ1n) is 4.88. The van der Waals surface area contributed by atoms with Crippen molar-refractivity contribution in [3.05, 3.63) is 47.9 Å². The van der Waals surface area contributed by atoms with Gasteiger partial charge in [-0.2, -0.15) is 5.26 Å². The van der Waals surface area contributed by atoms with Gasteiger partial charge in [0.15, 0.2) is 0 Å². The molecule has 1 heterocycles. The highest BCUT2D eigenvalue weighted by Gasteiger charge is 2.12. The molecule has 0 saturated heterocycles. The number of anilines is 3. The highest BCUT2D eigenvalue weighted by atomic mass is 19.1. The van der Waals surface area contributed by atoms with Gasteiger partial charge in [0, 0.05) is 6.20 Å². The smallest absolute Gasteiger partial charge is 0.143 e. The first kappa shape index (κ1) is 10.9. The number of nitrogens with one attached hydrogen (secondary N) is 1. The monoisotopic (exact) mass is 228 g/mol. The van der Waals surface area contributed by atoms with Crippen molar-refractivity contribution in [3.8, 4) is 6.07 Å². The summed E-state index contributed by atoms with van der Waals surface area (Å²) in [5.41, 5.74) is 6.13. The van der Waals surface area contributed by atoms with E-state index >= 15 is 0 Å². The number of nitriles is 1. The number of nitrogen functional groups attached to an aromatic ring is 1. The Morgan fingerprint density at radius 3 is 2.76 bits per heavy atom. The Labute approximate surface area is 97.5 Å². The van der Waals surface area contributed by atoms with E-state index in [0.29, 0.717) is 11.5 Å². The van der Waals surface area contributed by atoms with Gasteiger partial charge in [-0.3, -0.25) is 0 Å². The molecule has 0 aliphatic heterocycles. The summed E-state index contributed by atoms with van der Waals surface area (Å²) in [5.74, 6) is -0.110. The van der Waals surface area contributed by atoms with Crippen LogP contribution < -0.4 is 11.1 Å². The second-order valence-electron chi connectivity index (χ2n) is 3.34. The lowest BCUT2D eigenvalue weighted by molar-refractivity contribution is 0.625. The Morgan fingerprint density at radius 2 is 2.12 bits per heavy atom. The zero-order chi connectivity index (χ0) is 12.3. The molecule has 0 atom stereocenters. The second kappa shape index (κ2) is 4.49. The predicted molar refractivity (Wildman–Crippen MR) is 63.0 cm³/mol. The van der Waals surface area contributed by atoms with E-state index in [1.54, 1.807) is 30.5 Å². The summed E-state index contributed by atoms with van der Waals surface area (Å²) in [6, 6.07) is 9.58. The van der Waals surface area contributed by atoms with Crippen LogP contribution in [-0.2, 0) is 0 Å². The van der Waals surface area contributed by atoms with Gasteiger partial charge in [0.05, 0.1) is 11.4 Å². The SMILES string of the molecule is N#Cc1c(F)ccc(N)c1Nc1ccccn1. The zero-order valence-corrected chi connectivity index (χ0v) is 8.81. The molecule has 0 fully saturated rings. The number of pyridine rings is 1. The molecule has 0 amide bonds. The minimum atomic E-state index is -0.611. The molecule has 2 rings (SSSR count). The van der Waals surface area contributed by atoms with Crippen molar-refractivity contribution in [2.75, 3.05) is 11.1 Å². The van der Waals surface area contributed by atoms with Gasteiger partial charge >= 0.3 is 0 Å². The quantitative estimate of drug-likeness (QED) is 0.774. The molecular weight excluding hydrogens is 219 g/mol. The van der Waals surface area contributed by atoms with E-state index in [1.807, 2.05) is 0 Å². The number of benzene rings is 1. The summed E-state index contributed by atoms with van der Waals surface area (Å²) < 4.78 is 13.4. The largest absolute Gasteiger partial charge is 0.397 e. The Hall–Kier alpha value is -2.61. The third kappa shape index (κ3) is 2.16. The lowest BCUT2D eigenvalue weighted by Gasteiger charge is -2.10. The zero-order valence-electron chi connectivity index (χ0n) is 8.81. The van der Waals surface area contributed by atoms with Crippen LogP contribution in [0.2, 0.25) is 0 Å². The van der Waals surface area contributed by atoms with Gasteiger partial charge in [0.1, 0.15) is 23.3 Å². The molecule has 0 radical (unpaired) electrons. The van der Waals surface area contributed by atoms with Gasteiger partial charge in [0.25, 0.3) is 0 Å². The van der Waals surface area contributed by atoms with Crippen molar-refractivity contribution in [1.82, 2.24) is 4.98 Å². The summed E-state index contributed by atoms with van der Waals surface area (Å²) in [4.78, 5) is 4.02. The molecule has 2 aromatic rings.